The van der Waals surface area contributed by atoms with E-state index in [0.29, 0.717) is 22.2 Å². The van der Waals surface area contributed by atoms with Gasteiger partial charge in [0.15, 0.2) is 0 Å². The van der Waals surface area contributed by atoms with Crippen LogP contribution in [0.3, 0.4) is 0 Å². The van der Waals surface area contributed by atoms with E-state index in [2.05, 4.69) is 24.7 Å². The van der Waals surface area contributed by atoms with Crippen LogP contribution in [0.25, 0.3) is 22.2 Å². The fourth-order valence-electron chi connectivity index (χ4n) is 2.62. The fourth-order valence-corrected chi connectivity index (χ4v) is 2.62. The number of hydrogen-bond donors (Lipinski definition) is 0. The highest BCUT2D eigenvalue weighted by Crippen LogP contribution is 2.28. The summed E-state index contributed by atoms with van der Waals surface area (Å²) < 4.78 is 57.3. The van der Waals surface area contributed by atoms with Crippen molar-refractivity contribution in [2.24, 2.45) is 0 Å². The number of fused-ring (bicyclic) bond motifs is 1. The van der Waals surface area contributed by atoms with E-state index in [4.69, 9.17) is 0 Å². The molecular formula is C17H11F4N5O. The number of nitrogens with zero attached hydrogens (tertiary/aromatic N) is 5. The molecule has 0 unspecified atom stereocenters. The third kappa shape index (κ3) is 3.25. The quantitative estimate of drug-likeness (QED) is 0.505. The third-order valence-corrected chi connectivity index (χ3v) is 3.98. The number of pyridine rings is 1. The van der Waals surface area contributed by atoms with E-state index in [0.717, 1.165) is 5.56 Å². The molecule has 0 bridgehead atoms. The van der Waals surface area contributed by atoms with E-state index < -0.39 is 12.1 Å². The van der Waals surface area contributed by atoms with Crippen LogP contribution in [0, 0.1) is 12.7 Å². The molecule has 0 aliphatic rings. The molecule has 0 saturated carbocycles. The molecule has 4 aromatic rings. The van der Waals surface area contributed by atoms with Gasteiger partial charge < -0.3 is 4.42 Å². The Balaban J connectivity index is 1.70. The lowest BCUT2D eigenvalue weighted by molar-refractivity contribution is -0.157. The molecule has 4 rings (SSSR count). The first-order valence-electron chi connectivity index (χ1n) is 7.79. The van der Waals surface area contributed by atoms with Crippen molar-refractivity contribution >= 4 is 11.0 Å². The summed E-state index contributed by atoms with van der Waals surface area (Å²) in [6.07, 6.45) is -1.60. The minimum Gasteiger partial charge on any atom is -0.415 e. The van der Waals surface area contributed by atoms with Crippen molar-refractivity contribution in [3.8, 4) is 11.1 Å². The SMILES string of the molecule is Cc1cc(-c2cnc3cnn(Cc4nnc(C(F)(F)F)o4)c3c2)ccc1F. The maximum Gasteiger partial charge on any atom is 0.470 e. The summed E-state index contributed by atoms with van der Waals surface area (Å²) in [5, 5.41) is 10.5. The summed E-state index contributed by atoms with van der Waals surface area (Å²) in [5.41, 5.74) is 3.09. The molecular weight excluding hydrogens is 366 g/mol. The van der Waals surface area contributed by atoms with Gasteiger partial charge >= 0.3 is 12.1 Å². The fraction of sp³-hybridized carbons (Fsp3) is 0.176. The van der Waals surface area contributed by atoms with Crippen LogP contribution in [0.2, 0.25) is 0 Å². The van der Waals surface area contributed by atoms with E-state index in [1.807, 2.05) is 0 Å². The highest BCUT2D eigenvalue weighted by atomic mass is 19.4. The van der Waals surface area contributed by atoms with Gasteiger partial charge in [-0.1, -0.05) is 6.07 Å². The second-order valence-corrected chi connectivity index (χ2v) is 5.89. The molecule has 3 heterocycles. The standard InChI is InChI=1S/C17H11F4N5O/c1-9-4-10(2-3-12(9)18)11-5-14-13(22-6-11)7-23-26(14)8-15-24-25-16(27-15)17(19,20)21/h2-7H,8H2,1H3. The normalized spacial score (nSPS) is 12.0. The largest absolute Gasteiger partial charge is 0.470 e. The van der Waals surface area contributed by atoms with E-state index in [1.54, 1.807) is 31.3 Å². The highest BCUT2D eigenvalue weighted by Gasteiger charge is 2.38. The Labute approximate surface area is 149 Å². The van der Waals surface area contributed by atoms with Gasteiger partial charge in [0.2, 0.25) is 5.89 Å². The summed E-state index contributed by atoms with van der Waals surface area (Å²) in [4.78, 5) is 4.29. The molecule has 10 heteroatoms. The van der Waals surface area contributed by atoms with Crippen LogP contribution in [0.4, 0.5) is 17.6 Å². The summed E-state index contributed by atoms with van der Waals surface area (Å²) in [6.45, 7) is 1.52. The Bertz CT molecular complexity index is 1130. The molecule has 0 aliphatic carbocycles. The first kappa shape index (κ1) is 17.1. The van der Waals surface area contributed by atoms with Crippen molar-refractivity contribution in [2.75, 3.05) is 0 Å². The smallest absolute Gasteiger partial charge is 0.415 e. The van der Waals surface area contributed by atoms with Gasteiger partial charge in [-0.3, -0.25) is 9.67 Å². The minimum atomic E-state index is -4.70. The predicted octanol–water partition coefficient (Wildman–Crippen LogP) is 4.00. The van der Waals surface area contributed by atoms with E-state index >= 15 is 0 Å². The average Bonchev–Trinajstić information content (AvgIpc) is 3.25. The third-order valence-electron chi connectivity index (χ3n) is 3.98. The van der Waals surface area contributed by atoms with Crippen molar-refractivity contribution in [3.63, 3.8) is 0 Å². The van der Waals surface area contributed by atoms with Gasteiger partial charge in [0.25, 0.3) is 0 Å². The van der Waals surface area contributed by atoms with Crippen molar-refractivity contribution < 1.29 is 22.0 Å². The van der Waals surface area contributed by atoms with Crippen LogP contribution >= 0.6 is 0 Å². The maximum atomic E-state index is 13.5. The zero-order valence-electron chi connectivity index (χ0n) is 13.8. The van der Waals surface area contributed by atoms with Crippen molar-refractivity contribution in [1.29, 1.82) is 0 Å². The molecule has 0 aliphatic heterocycles. The molecule has 0 amide bonds. The summed E-state index contributed by atoms with van der Waals surface area (Å²) in [6, 6.07) is 6.44. The van der Waals surface area contributed by atoms with Crippen molar-refractivity contribution in [3.05, 3.63) is 59.8 Å². The molecule has 0 atom stereocenters. The highest BCUT2D eigenvalue weighted by molar-refractivity contribution is 5.80. The van der Waals surface area contributed by atoms with Crippen LogP contribution in [-0.2, 0) is 12.7 Å². The Kier molecular flexibility index (Phi) is 3.90. The molecule has 0 fully saturated rings. The van der Waals surface area contributed by atoms with Gasteiger partial charge in [-0.2, -0.15) is 18.3 Å². The number of alkyl halides is 3. The molecule has 27 heavy (non-hydrogen) atoms. The Hall–Kier alpha value is -3.30. The van der Waals surface area contributed by atoms with E-state index in [1.165, 1.54) is 16.9 Å². The number of halogens is 4. The maximum absolute atomic E-state index is 13.5. The number of rotatable bonds is 3. The monoisotopic (exact) mass is 377 g/mol. The number of hydrogen-bond acceptors (Lipinski definition) is 5. The average molecular weight is 377 g/mol. The molecule has 6 nitrogen and oxygen atoms in total. The lowest BCUT2D eigenvalue weighted by Crippen LogP contribution is -2.05. The minimum absolute atomic E-state index is 0.139. The molecule has 138 valence electrons. The number of aromatic nitrogens is 5. The molecule has 0 radical (unpaired) electrons. The van der Waals surface area contributed by atoms with Gasteiger partial charge in [0.05, 0.1) is 11.7 Å². The Morgan fingerprint density at radius 1 is 1.07 bits per heavy atom. The molecule has 3 aromatic heterocycles. The van der Waals surface area contributed by atoms with Gasteiger partial charge in [0, 0.05) is 11.8 Å². The van der Waals surface area contributed by atoms with Crippen LogP contribution in [0.5, 0.6) is 0 Å². The zero-order chi connectivity index (χ0) is 19.2. The Morgan fingerprint density at radius 3 is 2.59 bits per heavy atom. The number of aryl methyl sites for hydroxylation is 1. The van der Waals surface area contributed by atoms with Crippen molar-refractivity contribution in [1.82, 2.24) is 25.0 Å². The predicted molar refractivity (Wildman–Crippen MR) is 86.1 cm³/mol. The van der Waals surface area contributed by atoms with Crippen LogP contribution in [0.15, 0.2) is 41.1 Å². The van der Waals surface area contributed by atoms with Crippen LogP contribution in [0.1, 0.15) is 17.3 Å². The van der Waals surface area contributed by atoms with E-state index in [9.17, 15) is 17.6 Å². The zero-order valence-corrected chi connectivity index (χ0v) is 13.8. The van der Waals surface area contributed by atoms with E-state index in [-0.39, 0.29) is 18.3 Å². The molecule has 0 saturated heterocycles. The molecule has 0 spiro atoms. The van der Waals surface area contributed by atoms with Gasteiger partial charge in [0.1, 0.15) is 17.9 Å². The summed E-state index contributed by atoms with van der Waals surface area (Å²) in [5.74, 6) is -1.94. The van der Waals surface area contributed by atoms with Gasteiger partial charge in [-0.25, -0.2) is 4.39 Å². The topological polar surface area (TPSA) is 69.6 Å². The van der Waals surface area contributed by atoms with Gasteiger partial charge in [-0.15, -0.1) is 10.2 Å². The summed E-state index contributed by atoms with van der Waals surface area (Å²) in [7, 11) is 0. The summed E-state index contributed by atoms with van der Waals surface area (Å²) >= 11 is 0. The lowest BCUT2D eigenvalue weighted by Gasteiger charge is -2.05. The first-order chi connectivity index (χ1) is 12.8. The van der Waals surface area contributed by atoms with Gasteiger partial charge in [-0.05, 0) is 36.2 Å². The second-order valence-electron chi connectivity index (χ2n) is 5.89. The first-order valence-corrected chi connectivity index (χ1v) is 7.79. The van der Waals surface area contributed by atoms with Crippen LogP contribution in [-0.4, -0.2) is 25.0 Å². The molecule has 1 aromatic carbocycles. The number of benzene rings is 1. The lowest BCUT2D eigenvalue weighted by atomic mass is 10.0. The van der Waals surface area contributed by atoms with Crippen molar-refractivity contribution in [2.45, 2.75) is 19.6 Å². The van der Waals surface area contributed by atoms with Crippen LogP contribution < -0.4 is 0 Å². The molecule has 0 N–H and O–H groups in total. The Morgan fingerprint density at radius 2 is 1.89 bits per heavy atom. The second kappa shape index (κ2) is 6.15.